The largest absolute Gasteiger partial charge is 0.497 e. The number of carbonyl (C=O) groups is 2. The molecule has 166 valence electrons. The molecule has 3 aromatic rings. The molecule has 0 saturated heterocycles. The van der Waals surface area contributed by atoms with Gasteiger partial charge in [0.25, 0.3) is 5.91 Å². The van der Waals surface area contributed by atoms with Crippen molar-refractivity contribution in [2.24, 2.45) is 0 Å². The molecule has 0 aliphatic heterocycles. The highest BCUT2D eigenvalue weighted by Crippen LogP contribution is 2.30. The average molecular weight is 471 g/mol. The number of anilines is 2. The van der Waals surface area contributed by atoms with Crippen molar-refractivity contribution < 1.29 is 19.1 Å². The molecule has 2 amide bonds. The molecule has 2 N–H and O–H groups in total. The zero-order valence-electron chi connectivity index (χ0n) is 17.8. The Morgan fingerprint density at radius 2 is 1.59 bits per heavy atom. The highest BCUT2D eigenvalue weighted by atomic mass is 35.5. The lowest BCUT2D eigenvalue weighted by Crippen LogP contribution is -2.22. The number of hydrogen-bond acceptors (Lipinski definition) is 5. The molecule has 0 aromatic heterocycles. The van der Waals surface area contributed by atoms with Crippen molar-refractivity contribution in [1.29, 1.82) is 0 Å². The van der Waals surface area contributed by atoms with Gasteiger partial charge in [0.05, 0.1) is 25.2 Å². The fraction of sp³-hybridized carbons (Fsp3) is 0.167. The van der Waals surface area contributed by atoms with Crippen LogP contribution >= 0.6 is 23.4 Å². The highest BCUT2D eigenvalue weighted by Gasteiger charge is 2.17. The fourth-order valence-corrected chi connectivity index (χ4v) is 3.87. The third kappa shape index (κ3) is 6.18. The molecule has 3 rings (SSSR count). The topological polar surface area (TPSA) is 76.7 Å². The van der Waals surface area contributed by atoms with Gasteiger partial charge >= 0.3 is 0 Å². The first-order chi connectivity index (χ1) is 15.4. The lowest BCUT2D eigenvalue weighted by Gasteiger charge is -2.15. The second-order valence-corrected chi connectivity index (χ2v) is 8.65. The normalized spacial score (nSPS) is 11.4. The number of benzene rings is 3. The summed E-state index contributed by atoms with van der Waals surface area (Å²) in [7, 11) is 3.11. The first kappa shape index (κ1) is 23.5. The van der Waals surface area contributed by atoms with Crippen LogP contribution in [0.25, 0.3) is 0 Å². The van der Waals surface area contributed by atoms with Crippen LogP contribution in [-0.2, 0) is 4.79 Å². The minimum absolute atomic E-state index is 0.174. The van der Waals surface area contributed by atoms with Gasteiger partial charge in [0.15, 0.2) is 0 Å². The molecular formula is C24H23ClN2O4S. The maximum absolute atomic E-state index is 12.6. The first-order valence-electron chi connectivity index (χ1n) is 9.76. The van der Waals surface area contributed by atoms with E-state index in [0.29, 0.717) is 33.5 Å². The van der Waals surface area contributed by atoms with Crippen molar-refractivity contribution in [3.63, 3.8) is 0 Å². The Morgan fingerprint density at radius 3 is 2.22 bits per heavy atom. The maximum atomic E-state index is 12.6. The lowest BCUT2D eigenvalue weighted by atomic mass is 10.2. The molecule has 0 bridgehead atoms. The van der Waals surface area contributed by atoms with E-state index in [0.717, 1.165) is 4.90 Å². The lowest BCUT2D eigenvalue weighted by molar-refractivity contribution is -0.115. The van der Waals surface area contributed by atoms with Crippen molar-refractivity contribution in [3.05, 3.63) is 77.3 Å². The van der Waals surface area contributed by atoms with Gasteiger partial charge in [0.2, 0.25) is 5.91 Å². The molecule has 3 aromatic carbocycles. The molecule has 32 heavy (non-hydrogen) atoms. The van der Waals surface area contributed by atoms with E-state index in [1.54, 1.807) is 61.7 Å². The zero-order chi connectivity index (χ0) is 23.1. The Bertz CT molecular complexity index is 1090. The van der Waals surface area contributed by atoms with Crippen LogP contribution in [0.4, 0.5) is 11.4 Å². The van der Waals surface area contributed by atoms with Gasteiger partial charge in [0, 0.05) is 21.2 Å². The van der Waals surface area contributed by atoms with Crippen molar-refractivity contribution in [2.45, 2.75) is 17.1 Å². The van der Waals surface area contributed by atoms with E-state index in [9.17, 15) is 9.59 Å². The summed E-state index contributed by atoms with van der Waals surface area (Å²) >= 11 is 7.43. The van der Waals surface area contributed by atoms with Gasteiger partial charge < -0.3 is 20.1 Å². The van der Waals surface area contributed by atoms with Gasteiger partial charge in [0.1, 0.15) is 11.5 Å². The zero-order valence-corrected chi connectivity index (χ0v) is 19.4. The van der Waals surface area contributed by atoms with Crippen LogP contribution in [0.1, 0.15) is 17.3 Å². The summed E-state index contributed by atoms with van der Waals surface area (Å²) in [5.74, 6) is 0.843. The summed E-state index contributed by atoms with van der Waals surface area (Å²) in [6.45, 7) is 1.82. The van der Waals surface area contributed by atoms with Crippen LogP contribution in [-0.4, -0.2) is 31.3 Å². The Hall–Kier alpha value is -3.16. The SMILES string of the molecule is COc1ccc(C(=O)Nc2ccc(SC(C)C(=O)Nc3cc(Cl)ccc3OC)cc2)cc1. The Labute approximate surface area is 196 Å². The third-order valence-corrected chi connectivity index (χ3v) is 5.91. The van der Waals surface area contributed by atoms with E-state index in [4.69, 9.17) is 21.1 Å². The third-order valence-electron chi connectivity index (χ3n) is 4.57. The highest BCUT2D eigenvalue weighted by molar-refractivity contribution is 8.00. The molecule has 0 aliphatic carbocycles. The molecule has 0 heterocycles. The maximum Gasteiger partial charge on any atom is 0.255 e. The van der Waals surface area contributed by atoms with Crippen molar-refractivity contribution >= 4 is 46.6 Å². The second kappa shape index (κ2) is 10.9. The van der Waals surface area contributed by atoms with Gasteiger partial charge in [-0.3, -0.25) is 9.59 Å². The van der Waals surface area contributed by atoms with Crippen LogP contribution < -0.4 is 20.1 Å². The fourth-order valence-electron chi connectivity index (χ4n) is 2.83. The van der Waals surface area contributed by atoms with Gasteiger partial charge in [-0.25, -0.2) is 0 Å². The van der Waals surface area contributed by atoms with E-state index in [2.05, 4.69) is 10.6 Å². The average Bonchev–Trinajstić information content (AvgIpc) is 2.80. The standard InChI is InChI=1S/C24H23ClN2O4S/c1-15(23(28)27-21-14-17(25)6-13-22(21)31-3)32-20-11-7-18(8-12-20)26-24(29)16-4-9-19(30-2)10-5-16/h4-15H,1-3H3,(H,26,29)(H,27,28). The quantitative estimate of drug-likeness (QED) is 0.411. The summed E-state index contributed by atoms with van der Waals surface area (Å²) in [5.41, 5.74) is 1.72. The van der Waals surface area contributed by atoms with E-state index in [-0.39, 0.29) is 17.1 Å². The second-order valence-electron chi connectivity index (χ2n) is 6.80. The minimum Gasteiger partial charge on any atom is -0.497 e. The van der Waals surface area contributed by atoms with Crippen molar-refractivity contribution in [2.75, 3.05) is 24.9 Å². The summed E-state index contributed by atoms with van der Waals surface area (Å²) in [6, 6.07) is 19.2. The van der Waals surface area contributed by atoms with E-state index in [1.165, 1.54) is 18.9 Å². The molecule has 1 unspecified atom stereocenters. The van der Waals surface area contributed by atoms with Gasteiger partial charge in [-0.15, -0.1) is 11.8 Å². The van der Waals surface area contributed by atoms with Crippen LogP contribution in [0.3, 0.4) is 0 Å². The Balaban J connectivity index is 1.58. The Morgan fingerprint density at radius 1 is 0.906 bits per heavy atom. The number of amides is 2. The number of thioether (sulfide) groups is 1. The van der Waals surface area contributed by atoms with Crippen molar-refractivity contribution in [1.82, 2.24) is 0 Å². The Kier molecular flexibility index (Phi) is 8.03. The number of rotatable bonds is 8. The molecule has 0 aliphatic rings. The van der Waals surface area contributed by atoms with Crippen LogP contribution in [0, 0.1) is 0 Å². The molecule has 1 atom stereocenters. The number of ether oxygens (including phenoxy) is 2. The summed E-state index contributed by atoms with van der Waals surface area (Å²) < 4.78 is 10.4. The van der Waals surface area contributed by atoms with Crippen LogP contribution in [0.15, 0.2) is 71.6 Å². The minimum atomic E-state index is -0.363. The van der Waals surface area contributed by atoms with E-state index < -0.39 is 0 Å². The monoisotopic (exact) mass is 470 g/mol. The molecule has 8 heteroatoms. The molecule has 0 radical (unpaired) electrons. The van der Waals surface area contributed by atoms with Crippen LogP contribution in [0.2, 0.25) is 5.02 Å². The summed E-state index contributed by atoms with van der Waals surface area (Å²) in [6.07, 6.45) is 0. The number of nitrogens with one attached hydrogen (secondary N) is 2. The molecule has 0 fully saturated rings. The predicted octanol–water partition coefficient (Wildman–Crippen LogP) is 5.73. The molecule has 6 nitrogen and oxygen atoms in total. The number of halogens is 1. The summed E-state index contributed by atoms with van der Waals surface area (Å²) in [5, 5.41) is 5.85. The van der Waals surface area contributed by atoms with Gasteiger partial charge in [-0.1, -0.05) is 11.6 Å². The molecule has 0 saturated carbocycles. The molecular weight excluding hydrogens is 448 g/mol. The van der Waals surface area contributed by atoms with Crippen LogP contribution in [0.5, 0.6) is 11.5 Å². The van der Waals surface area contributed by atoms with Crippen molar-refractivity contribution in [3.8, 4) is 11.5 Å². The number of hydrogen-bond donors (Lipinski definition) is 2. The van der Waals surface area contributed by atoms with Gasteiger partial charge in [-0.05, 0) is 73.7 Å². The predicted molar refractivity (Wildman–Crippen MR) is 129 cm³/mol. The van der Waals surface area contributed by atoms with E-state index in [1.807, 2.05) is 19.1 Å². The summed E-state index contributed by atoms with van der Waals surface area (Å²) in [4.78, 5) is 25.9. The van der Waals surface area contributed by atoms with Gasteiger partial charge in [-0.2, -0.15) is 0 Å². The first-order valence-corrected chi connectivity index (χ1v) is 11.0. The smallest absolute Gasteiger partial charge is 0.255 e. The molecule has 0 spiro atoms. The van der Waals surface area contributed by atoms with E-state index >= 15 is 0 Å². The number of carbonyl (C=O) groups excluding carboxylic acids is 2. The number of methoxy groups -OCH3 is 2.